The van der Waals surface area contributed by atoms with Gasteiger partial charge < -0.3 is 5.11 Å². The molecular weight excluding hydrogens is 295 g/mol. The Morgan fingerprint density at radius 2 is 1.91 bits per heavy atom. The molecule has 1 N–H and O–H groups in total. The molecule has 118 valence electrons. The zero-order valence-electron chi connectivity index (χ0n) is 13.4. The van der Waals surface area contributed by atoms with E-state index < -0.39 is 0 Å². The van der Waals surface area contributed by atoms with Crippen LogP contribution in [0.25, 0.3) is 0 Å². The van der Waals surface area contributed by atoms with Crippen LogP contribution in [-0.4, -0.2) is 17.5 Å². The third-order valence-corrected chi connectivity index (χ3v) is 5.18. The lowest BCUT2D eigenvalue weighted by molar-refractivity contribution is 0.180. The van der Waals surface area contributed by atoms with Gasteiger partial charge >= 0.3 is 0 Å². The SMILES string of the molecule is Cc1cccc(Cc2cc(F)ccc2SCC(C)(C)CO)c1. The number of benzene rings is 2. The van der Waals surface area contributed by atoms with Crippen molar-refractivity contribution in [3.05, 3.63) is 65.0 Å². The third-order valence-electron chi connectivity index (χ3n) is 3.55. The molecule has 0 bridgehead atoms. The van der Waals surface area contributed by atoms with E-state index in [2.05, 4.69) is 25.1 Å². The quantitative estimate of drug-likeness (QED) is 0.769. The molecule has 1 nitrogen and oxygen atoms in total. The van der Waals surface area contributed by atoms with Gasteiger partial charge in [-0.25, -0.2) is 4.39 Å². The molecule has 0 aliphatic rings. The Labute approximate surface area is 136 Å². The monoisotopic (exact) mass is 318 g/mol. The van der Waals surface area contributed by atoms with Crippen molar-refractivity contribution in [2.45, 2.75) is 32.1 Å². The van der Waals surface area contributed by atoms with Gasteiger partial charge in [-0.2, -0.15) is 0 Å². The number of hydrogen-bond acceptors (Lipinski definition) is 2. The van der Waals surface area contributed by atoms with E-state index in [0.717, 1.165) is 22.6 Å². The van der Waals surface area contributed by atoms with E-state index in [0.29, 0.717) is 0 Å². The highest BCUT2D eigenvalue weighted by Crippen LogP contribution is 2.31. The second-order valence-electron chi connectivity index (χ2n) is 6.53. The van der Waals surface area contributed by atoms with Crippen molar-refractivity contribution in [2.75, 3.05) is 12.4 Å². The number of aliphatic hydroxyl groups excluding tert-OH is 1. The second kappa shape index (κ2) is 7.30. The van der Waals surface area contributed by atoms with E-state index in [9.17, 15) is 9.50 Å². The maximum absolute atomic E-state index is 13.6. The van der Waals surface area contributed by atoms with Gasteiger partial charge in [0.15, 0.2) is 0 Å². The number of thioether (sulfide) groups is 1. The lowest BCUT2D eigenvalue weighted by atomic mass is 9.98. The summed E-state index contributed by atoms with van der Waals surface area (Å²) in [4.78, 5) is 1.09. The zero-order valence-corrected chi connectivity index (χ0v) is 14.2. The molecular formula is C19H23FOS. The Balaban J connectivity index is 2.20. The van der Waals surface area contributed by atoms with Gasteiger partial charge in [0.2, 0.25) is 0 Å². The molecule has 0 aliphatic heterocycles. The first-order chi connectivity index (χ1) is 10.4. The fourth-order valence-electron chi connectivity index (χ4n) is 2.19. The second-order valence-corrected chi connectivity index (χ2v) is 7.55. The van der Waals surface area contributed by atoms with Crippen molar-refractivity contribution in [1.82, 2.24) is 0 Å². The van der Waals surface area contributed by atoms with E-state index in [1.807, 2.05) is 26.0 Å². The minimum Gasteiger partial charge on any atom is -0.396 e. The lowest BCUT2D eigenvalue weighted by Crippen LogP contribution is -2.19. The molecule has 0 heterocycles. The maximum atomic E-state index is 13.6. The molecule has 0 amide bonds. The van der Waals surface area contributed by atoms with Crippen LogP contribution in [0.5, 0.6) is 0 Å². The van der Waals surface area contributed by atoms with Gasteiger partial charge in [0.05, 0.1) is 0 Å². The summed E-state index contributed by atoms with van der Waals surface area (Å²) in [7, 11) is 0. The van der Waals surface area contributed by atoms with Gasteiger partial charge in [-0.1, -0.05) is 43.7 Å². The van der Waals surface area contributed by atoms with Crippen molar-refractivity contribution >= 4 is 11.8 Å². The average Bonchev–Trinajstić information content (AvgIpc) is 2.46. The normalized spacial score (nSPS) is 11.7. The minimum absolute atomic E-state index is 0.139. The van der Waals surface area contributed by atoms with E-state index in [1.165, 1.54) is 17.2 Å². The van der Waals surface area contributed by atoms with Crippen LogP contribution in [-0.2, 0) is 6.42 Å². The number of aliphatic hydroxyl groups is 1. The number of hydrogen-bond donors (Lipinski definition) is 1. The van der Waals surface area contributed by atoms with Crippen LogP contribution in [0.3, 0.4) is 0 Å². The molecule has 0 unspecified atom stereocenters. The molecule has 2 aromatic carbocycles. The van der Waals surface area contributed by atoms with Crippen molar-refractivity contribution < 1.29 is 9.50 Å². The first-order valence-electron chi connectivity index (χ1n) is 7.47. The molecule has 3 heteroatoms. The molecule has 0 saturated heterocycles. The van der Waals surface area contributed by atoms with Crippen LogP contribution in [0, 0.1) is 18.2 Å². The van der Waals surface area contributed by atoms with Crippen LogP contribution >= 0.6 is 11.8 Å². The predicted molar refractivity (Wildman–Crippen MR) is 92.0 cm³/mol. The van der Waals surface area contributed by atoms with Gasteiger partial charge in [-0.15, -0.1) is 11.8 Å². The fourth-order valence-corrected chi connectivity index (χ4v) is 3.31. The lowest BCUT2D eigenvalue weighted by Gasteiger charge is -2.21. The highest BCUT2D eigenvalue weighted by Gasteiger charge is 2.18. The summed E-state index contributed by atoms with van der Waals surface area (Å²) < 4.78 is 13.6. The smallest absolute Gasteiger partial charge is 0.123 e. The molecule has 0 atom stereocenters. The Bertz CT molecular complexity index is 637. The van der Waals surface area contributed by atoms with Crippen LogP contribution in [0.15, 0.2) is 47.4 Å². The molecule has 0 spiro atoms. The van der Waals surface area contributed by atoms with Crippen molar-refractivity contribution in [3.8, 4) is 0 Å². The molecule has 0 saturated carbocycles. The van der Waals surface area contributed by atoms with Crippen molar-refractivity contribution in [2.24, 2.45) is 5.41 Å². The summed E-state index contributed by atoms with van der Waals surface area (Å²) in [5, 5.41) is 9.38. The number of halogens is 1. The third kappa shape index (κ3) is 4.85. The molecule has 2 aromatic rings. The molecule has 0 aliphatic carbocycles. The molecule has 0 radical (unpaired) electrons. The number of rotatable bonds is 6. The van der Waals surface area contributed by atoms with Crippen molar-refractivity contribution in [1.29, 1.82) is 0 Å². The Kier molecular flexibility index (Phi) is 5.65. The molecule has 22 heavy (non-hydrogen) atoms. The largest absolute Gasteiger partial charge is 0.396 e. The summed E-state index contributed by atoms with van der Waals surface area (Å²) >= 11 is 1.68. The summed E-state index contributed by atoms with van der Waals surface area (Å²) in [6, 6.07) is 13.3. The summed E-state index contributed by atoms with van der Waals surface area (Å²) in [5.74, 6) is 0.601. The van der Waals surface area contributed by atoms with Gasteiger partial charge in [-0.3, -0.25) is 0 Å². The summed E-state index contributed by atoms with van der Waals surface area (Å²) in [5.41, 5.74) is 3.27. The fraction of sp³-hybridized carbons (Fsp3) is 0.368. The van der Waals surface area contributed by atoms with E-state index in [1.54, 1.807) is 17.8 Å². The highest BCUT2D eigenvalue weighted by atomic mass is 32.2. The first-order valence-corrected chi connectivity index (χ1v) is 8.46. The van der Waals surface area contributed by atoms with Gasteiger partial charge in [0.1, 0.15) is 5.82 Å². The van der Waals surface area contributed by atoms with E-state index in [-0.39, 0.29) is 17.8 Å². The minimum atomic E-state index is -0.201. The van der Waals surface area contributed by atoms with Crippen LogP contribution in [0.4, 0.5) is 4.39 Å². The van der Waals surface area contributed by atoms with E-state index >= 15 is 0 Å². The Morgan fingerprint density at radius 3 is 2.59 bits per heavy atom. The van der Waals surface area contributed by atoms with Crippen LogP contribution < -0.4 is 0 Å². The van der Waals surface area contributed by atoms with Gasteiger partial charge in [0.25, 0.3) is 0 Å². The summed E-state index contributed by atoms with van der Waals surface area (Å²) in [6.45, 7) is 6.27. The summed E-state index contributed by atoms with van der Waals surface area (Å²) in [6.07, 6.45) is 0.724. The highest BCUT2D eigenvalue weighted by molar-refractivity contribution is 7.99. The van der Waals surface area contributed by atoms with E-state index in [4.69, 9.17) is 0 Å². The zero-order chi connectivity index (χ0) is 16.2. The standard InChI is InChI=1S/C19H23FOS/c1-14-5-4-6-15(9-14)10-16-11-17(20)7-8-18(16)22-13-19(2,3)12-21/h4-9,11,21H,10,12-13H2,1-3H3. The molecule has 0 fully saturated rings. The maximum Gasteiger partial charge on any atom is 0.123 e. The Morgan fingerprint density at radius 1 is 1.14 bits per heavy atom. The predicted octanol–water partition coefficient (Wildman–Crippen LogP) is 4.84. The topological polar surface area (TPSA) is 20.2 Å². The van der Waals surface area contributed by atoms with Gasteiger partial charge in [-0.05, 0) is 48.1 Å². The van der Waals surface area contributed by atoms with Crippen molar-refractivity contribution in [3.63, 3.8) is 0 Å². The average molecular weight is 318 g/mol. The van der Waals surface area contributed by atoms with Gasteiger partial charge in [0, 0.05) is 17.3 Å². The van der Waals surface area contributed by atoms with Crippen LogP contribution in [0.1, 0.15) is 30.5 Å². The number of aryl methyl sites for hydroxylation is 1. The van der Waals surface area contributed by atoms with Crippen LogP contribution in [0.2, 0.25) is 0 Å². The first kappa shape index (κ1) is 17.0. The molecule has 2 rings (SSSR count). The molecule has 0 aromatic heterocycles. The Hall–Kier alpha value is -1.32.